The van der Waals surface area contributed by atoms with E-state index in [1.165, 1.54) is 12.8 Å². The van der Waals surface area contributed by atoms with E-state index in [0.717, 1.165) is 36.4 Å². The second-order valence-electron chi connectivity index (χ2n) is 6.05. The third-order valence-electron chi connectivity index (χ3n) is 4.45. The standard InChI is InChI=1S/C15H18N4O2/c20-15(21)11-2-1-6-18(9-11)14-13-8-12(10-3-4-10)17-19(13)7-5-16-14/h5,7-8,10-11H,1-4,6,9H2,(H,20,21). The van der Waals surface area contributed by atoms with Gasteiger partial charge in [-0.05, 0) is 31.7 Å². The average molecular weight is 286 g/mol. The topological polar surface area (TPSA) is 70.7 Å². The first kappa shape index (κ1) is 12.6. The summed E-state index contributed by atoms with van der Waals surface area (Å²) in [5.41, 5.74) is 2.13. The van der Waals surface area contributed by atoms with Crippen LogP contribution < -0.4 is 4.90 Å². The molecule has 6 nitrogen and oxygen atoms in total. The highest BCUT2D eigenvalue weighted by Gasteiger charge is 2.29. The van der Waals surface area contributed by atoms with Crippen molar-refractivity contribution in [2.24, 2.45) is 5.92 Å². The summed E-state index contributed by atoms with van der Waals surface area (Å²) < 4.78 is 1.88. The van der Waals surface area contributed by atoms with Gasteiger partial charge in [-0.1, -0.05) is 0 Å². The number of aromatic nitrogens is 3. The molecular weight excluding hydrogens is 268 g/mol. The van der Waals surface area contributed by atoms with Gasteiger partial charge in [0.2, 0.25) is 0 Å². The van der Waals surface area contributed by atoms with E-state index in [-0.39, 0.29) is 5.92 Å². The third-order valence-corrected chi connectivity index (χ3v) is 4.45. The summed E-state index contributed by atoms with van der Waals surface area (Å²) in [5.74, 6) is 0.458. The van der Waals surface area contributed by atoms with E-state index in [9.17, 15) is 9.90 Å². The van der Waals surface area contributed by atoms with Crippen LogP contribution in [0, 0.1) is 5.92 Å². The van der Waals surface area contributed by atoms with Gasteiger partial charge in [0.25, 0.3) is 0 Å². The minimum absolute atomic E-state index is 0.299. The van der Waals surface area contributed by atoms with Crippen LogP contribution in [0.2, 0.25) is 0 Å². The summed E-state index contributed by atoms with van der Waals surface area (Å²) in [6, 6.07) is 2.12. The molecule has 110 valence electrons. The van der Waals surface area contributed by atoms with Crippen LogP contribution in [-0.2, 0) is 4.79 Å². The fraction of sp³-hybridized carbons (Fsp3) is 0.533. The maximum absolute atomic E-state index is 11.2. The van der Waals surface area contributed by atoms with Crippen LogP contribution in [0.5, 0.6) is 0 Å². The summed E-state index contributed by atoms with van der Waals surface area (Å²) in [5, 5.41) is 13.9. The molecule has 2 aliphatic rings. The zero-order chi connectivity index (χ0) is 14.4. The zero-order valence-corrected chi connectivity index (χ0v) is 11.8. The first-order valence-corrected chi connectivity index (χ1v) is 7.54. The number of rotatable bonds is 3. The van der Waals surface area contributed by atoms with Gasteiger partial charge in [0.15, 0.2) is 5.82 Å². The molecule has 0 bridgehead atoms. The molecule has 0 spiro atoms. The van der Waals surface area contributed by atoms with E-state index in [4.69, 9.17) is 0 Å². The molecule has 1 unspecified atom stereocenters. The highest BCUT2D eigenvalue weighted by molar-refractivity contribution is 5.73. The van der Waals surface area contributed by atoms with E-state index in [0.29, 0.717) is 12.5 Å². The molecule has 0 aromatic carbocycles. The Bertz CT molecular complexity index is 692. The molecule has 2 aromatic heterocycles. The van der Waals surface area contributed by atoms with E-state index >= 15 is 0 Å². The van der Waals surface area contributed by atoms with Crippen molar-refractivity contribution in [2.45, 2.75) is 31.6 Å². The van der Waals surface area contributed by atoms with Gasteiger partial charge in [0, 0.05) is 31.4 Å². The minimum atomic E-state index is -0.709. The van der Waals surface area contributed by atoms with Crippen molar-refractivity contribution >= 4 is 17.3 Å². The number of piperidine rings is 1. The summed E-state index contributed by atoms with van der Waals surface area (Å²) in [7, 11) is 0. The Morgan fingerprint density at radius 3 is 2.95 bits per heavy atom. The molecule has 2 fully saturated rings. The lowest BCUT2D eigenvalue weighted by molar-refractivity contribution is -0.141. The van der Waals surface area contributed by atoms with Gasteiger partial charge in [-0.25, -0.2) is 9.50 Å². The van der Waals surface area contributed by atoms with E-state index in [1.54, 1.807) is 6.20 Å². The first-order chi connectivity index (χ1) is 10.2. The number of fused-ring (bicyclic) bond motifs is 1. The van der Waals surface area contributed by atoms with Crippen molar-refractivity contribution in [3.63, 3.8) is 0 Å². The second-order valence-corrected chi connectivity index (χ2v) is 6.05. The summed E-state index contributed by atoms with van der Waals surface area (Å²) in [6.45, 7) is 1.40. The van der Waals surface area contributed by atoms with Crippen molar-refractivity contribution in [2.75, 3.05) is 18.0 Å². The number of carboxylic acids is 1. The third kappa shape index (κ3) is 2.24. The number of aliphatic carboxylic acids is 1. The lowest BCUT2D eigenvalue weighted by Gasteiger charge is -2.31. The van der Waals surface area contributed by atoms with Gasteiger partial charge in [-0.2, -0.15) is 5.10 Å². The Morgan fingerprint density at radius 2 is 2.19 bits per heavy atom. The molecule has 0 radical (unpaired) electrons. The first-order valence-electron chi connectivity index (χ1n) is 7.54. The predicted octanol–water partition coefficient (Wildman–Crippen LogP) is 1.91. The zero-order valence-electron chi connectivity index (χ0n) is 11.8. The summed E-state index contributed by atoms with van der Waals surface area (Å²) in [4.78, 5) is 17.8. The maximum Gasteiger partial charge on any atom is 0.308 e. The molecule has 1 aliphatic carbocycles. The average Bonchev–Trinajstić information content (AvgIpc) is 3.26. The number of hydrogen-bond acceptors (Lipinski definition) is 4. The van der Waals surface area contributed by atoms with Crippen LogP contribution in [0.15, 0.2) is 18.5 Å². The van der Waals surface area contributed by atoms with Gasteiger partial charge in [-0.15, -0.1) is 0 Å². The number of carboxylic acid groups (broad SMARTS) is 1. The Balaban J connectivity index is 1.70. The molecule has 1 saturated carbocycles. The molecule has 2 aromatic rings. The van der Waals surface area contributed by atoms with Crippen LogP contribution in [0.3, 0.4) is 0 Å². The number of anilines is 1. The normalized spacial score (nSPS) is 22.7. The fourth-order valence-electron chi connectivity index (χ4n) is 3.12. The molecule has 1 N–H and O–H groups in total. The molecule has 1 aliphatic heterocycles. The van der Waals surface area contributed by atoms with E-state index in [2.05, 4.69) is 21.0 Å². The Labute approximate surface area is 122 Å². The highest BCUT2D eigenvalue weighted by atomic mass is 16.4. The molecule has 1 saturated heterocycles. The van der Waals surface area contributed by atoms with Crippen LogP contribution in [0.25, 0.3) is 5.52 Å². The summed E-state index contributed by atoms with van der Waals surface area (Å²) in [6.07, 6.45) is 7.69. The lowest BCUT2D eigenvalue weighted by atomic mass is 9.98. The fourth-order valence-corrected chi connectivity index (χ4v) is 3.12. The van der Waals surface area contributed by atoms with Gasteiger partial charge in [-0.3, -0.25) is 4.79 Å². The monoisotopic (exact) mass is 286 g/mol. The number of hydrogen-bond donors (Lipinski definition) is 1. The SMILES string of the molecule is O=C(O)C1CCCN(c2nccn3nc(C4CC4)cc23)C1. The van der Waals surface area contributed by atoms with Crippen LogP contribution in [-0.4, -0.2) is 38.8 Å². The van der Waals surface area contributed by atoms with Gasteiger partial charge in [0.05, 0.1) is 11.6 Å². The molecule has 1 atom stereocenters. The van der Waals surface area contributed by atoms with Crippen LogP contribution in [0.4, 0.5) is 5.82 Å². The second kappa shape index (κ2) is 4.72. The van der Waals surface area contributed by atoms with Crippen molar-refractivity contribution in [3.05, 3.63) is 24.2 Å². The molecular formula is C15H18N4O2. The maximum atomic E-state index is 11.2. The van der Waals surface area contributed by atoms with Crippen molar-refractivity contribution in [1.82, 2.24) is 14.6 Å². The van der Waals surface area contributed by atoms with Crippen molar-refractivity contribution in [1.29, 1.82) is 0 Å². The Kier molecular flexibility index (Phi) is 2.83. The molecule has 3 heterocycles. The number of nitrogens with zero attached hydrogens (tertiary/aromatic N) is 4. The van der Waals surface area contributed by atoms with Crippen molar-refractivity contribution < 1.29 is 9.90 Å². The number of carbonyl (C=O) groups is 1. The summed E-state index contributed by atoms with van der Waals surface area (Å²) >= 11 is 0. The largest absolute Gasteiger partial charge is 0.481 e. The minimum Gasteiger partial charge on any atom is -0.481 e. The van der Waals surface area contributed by atoms with Crippen LogP contribution >= 0.6 is 0 Å². The van der Waals surface area contributed by atoms with E-state index in [1.807, 2.05) is 10.7 Å². The molecule has 4 rings (SSSR count). The Morgan fingerprint density at radius 1 is 1.33 bits per heavy atom. The van der Waals surface area contributed by atoms with E-state index < -0.39 is 5.97 Å². The van der Waals surface area contributed by atoms with Gasteiger partial charge >= 0.3 is 5.97 Å². The smallest absolute Gasteiger partial charge is 0.308 e. The highest BCUT2D eigenvalue weighted by Crippen LogP contribution is 2.40. The molecule has 0 amide bonds. The van der Waals surface area contributed by atoms with Gasteiger partial charge in [0.1, 0.15) is 5.52 Å². The molecule has 6 heteroatoms. The quantitative estimate of drug-likeness (QED) is 0.933. The Hall–Kier alpha value is -2.11. The van der Waals surface area contributed by atoms with Gasteiger partial charge < -0.3 is 10.0 Å². The predicted molar refractivity (Wildman–Crippen MR) is 77.5 cm³/mol. The lowest BCUT2D eigenvalue weighted by Crippen LogP contribution is -2.39. The van der Waals surface area contributed by atoms with Crippen LogP contribution in [0.1, 0.15) is 37.3 Å². The molecule has 21 heavy (non-hydrogen) atoms. The van der Waals surface area contributed by atoms with Crippen molar-refractivity contribution in [3.8, 4) is 0 Å².